The van der Waals surface area contributed by atoms with Crippen molar-refractivity contribution in [2.75, 3.05) is 13.2 Å². The summed E-state index contributed by atoms with van der Waals surface area (Å²) in [6, 6.07) is 10.9. The molecule has 1 aliphatic rings. The van der Waals surface area contributed by atoms with Gasteiger partial charge in [0.05, 0.1) is 17.4 Å². The van der Waals surface area contributed by atoms with E-state index in [1.807, 2.05) is 0 Å². The number of hydrogen-bond donors (Lipinski definition) is 1. The minimum atomic E-state index is -0.845. The van der Waals surface area contributed by atoms with Crippen LogP contribution in [-0.4, -0.2) is 46.7 Å². The van der Waals surface area contributed by atoms with Gasteiger partial charge in [0.15, 0.2) is 12.4 Å². The topological polar surface area (TPSA) is 136 Å². The number of amides is 2. The van der Waals surface area contributed by atoms with Crippen LogP contribution >= 0.6 is 11.6 Å². The zero-order valence-corrected chi connectivity index (χ0v) is 16.7. The first-order valence-electron chi connectivity index (χ1n) is 9.06. The first-order valence-corrected chi connectivity index (χ1v) is 9.43. The van der Waals surface area contributed by atoms with E-state index in [1.165, 1.54) is 48.5 Å². The van der Waals surface area contributed by atoms with Crippen molar-refractivity contribution in [1.82, 2.24) is 10.4 Å². The zero-order chi connectivity index (χ0) is 22.5. The molecule has 2 aromatic rings. The van der Waals surface area contributed by atoms with E-state index in [9.17, 15) is 29.3 Å². The fraction of sp³-hybridized carbons (Fsp3) is 0.200. The van der Waals surface area contributed by atoms with Gasteiger partial charge in [-0.3, -0.25) is 39.7 Å². The van der Waals surface area contributed by atoms with Crippen molar-refractivity contribution in [3.8, 4) is 0 Å². The van der Waals surface area contributed by atoms with Crippen molar-refractivity contribution in [3.63, 3.8) is 0 Å². The molecule has 160 valence electrons. The first kappa shape index (κ1) is 21.9. The van der Waals surface area contributed by atoms with Crippen molar-refractivity contribution in [3.05, 3.63) is 74.8 Å². The number of nitro groups is 1. The standard InChI is InChI=1S/C20H16ClN3O7/c21-15-5-1-12(2-6-15)17(25)11-31-20(28)14-9-18(26)23(10-14)22-19(27)13-3-7-16(8-4-13)24(29)30/h1-8,14H,9-11H2,(H,22,27). The maximum absolute atomic E-state index is 12.3. The number of hydrazine groups is 1. The van der Waals surface area contributed by atoms with Gasteiger partial charge in [-0.1, -0.05) is 11.6 Å². The number of ketones is 1. The number of nitro benzene ring substituents is 1. The fourth-order valence-corrected chi connectivity index (χ4v) is 2.99. The highest BCUT2D eigenvalue weighted by Crippen LogP contribution is 2.19. The van der Waals surface area contributed by atoms with Gasteiger partial charge in [0.2, 0.25) is 5.91 Å². The summed E-state index contributed by atoms with van der Waals surface area (Å²) < 4.78 is 5.02. The quantitative estimate of drug-likeness (QED) is 0.298. The summed E-state index contributed by atoms with van der Waals surface area (Å²) in [7, 11) is 0. The third-order valence-corrected chi connectivity index (χ3v) is 4.80. The summed E-state index contributed by atoms with van der Waals surface area (Å²) in [5, 5.41) is 12.1. The molecule has 2 aromatic carbocycles. The number of Topliss-reactive ketones (excluding diaryl/α,β-unsaturated/α-hetero) is 1. The number of non-ortho nitro benzene ring substituents is 1. The van der Waals surface area contributed by atoms with Crippen molar-refractivity contribution in [2.45, 2.75) is 6.42 Å². The molecule has 1 heterocycles. The fourth-order valence-electron chi connectivity index (χ4n) is 2.87. The summed E-state index contributed by atoms with van der Waals surface area (Å²) in [5.41, 5.74) is 2.63. The zero-order valence-electron chi connectivity index (χ0n) is 15.9. The Hall–Kier alpha value is -3.79. The molecule has 0 aromatic heterocycles. The third kappa shape index (κ3) is 5.43. The predicted molar refractivity (Wildman–Crippen MR) is 107 cm³/mol. The number of rotatable bonds is 7. The van der Waals surface area contributed by atoms with Crippen LogP contribution in [0, 0.1) is 16.0 Å². The Kier molecular flexibility index (Phi) is 6.61. The van der Waals surface area contributed by atoms with Crippen LogP contribution in [0.5, 0.6) is 0 Å². The Bertz CT molecular complexity index is 1040. The molecule has 3 rings (SSSR count). The monoisotopic (exact) mass is 445 g/mol. The molecule has 1 aliphatic heterocycles. The van der Waals surface area contributed by atoms with Crippen LogP contribution in [0.1, 0.15) is 27.1 Å². The van der Waals surface area contributed by atoms with Gasteiger partial charge in [-0.25, -0.2) is 0 Å². The molecule has 0 spiro atoms. The number of carbonyl (C=O) groups is 4. The molecular weight excluding hydrogens is 430 g/mol. The van der Waals surface area contributed by atoms with Gasteiger partial charge in [-0.05, 0) is 36.4 Å². The van der Waals surface area contributed by atoms with Gasteiger partial charge in [0.1, 0.15) is 0 Å². The van der Waals surface area contributed by atoms with Gasteiger partial charge in [0, 0.05) is 34.7 Å². The van der Waals surface area contributed by atoms with E-state index in [4.69, 9.17) is 16.3 Å². The van der Waals surface area contributed by atoms with E-state index < -0.39 is 41.0 Å². The molecule has 0 radical (unpaired) electrons. The van der Waals surface area contributed by atoms with E-state index in [-0.39, 0.29) is 24.2 Å². The Morgan fingerprint density at radius 1 is 1.10 bits per heavy atom. The highest BCUT2D eigenvalue weighted by Gasteiger charge is 2.36. The number of esters is 1. The predicted octanol–water partition coefficient (Wildman–Crippen LogP) is 2.17. The Labute approximate surface area is 180 Å². The molecule has 0 bridgehead atoms. The number of benzene rings is 2. The van der Waals surface area contributed by atoms with Crippen LogP contribution in [0.2, 0.25) is 5.02 Å². The maximum Gasteiger partial charge on any atom is 0.311 e. The molecule has 31 heavy (non-hydrogen) atoms. The SMILES string of the molecule is O=C(COC(=O)C1CC(=O)N(NC(=O)c2ccc([N+](=O)[O-])cc2)C1)c1ccc(Cl)cc1. The summed E-state index contributed by atoms with van der Waals surface area (Å²) >= 11 is 5.76. The molecule has 10 nitrogen and oxygen atoms in total. The Morgan fingerprint density at radius 2 is 1.71 bits per heavy atom. The molecule has 0 aliphatic carbocycles. The van der Waals surface area contributed by atoms with Crippen LogP contribution < -0.4 is 5.43 Å². The molecule has 1 unspecified atom stereocenters. The second-order valence-corrected chi connectivity index (χ2v) is 7.12. The average molecular weight is 446 g/mol. The molecular formula is C20H16ClN3O7. The lowest BCUT2D eigenvalue weighted by atomic mass is 10.1. The lowest BCUT2D eigenvalue weighted by Gasteiger charge is -2.17. The summed E-state index contributed by atoms with van der Waals surface area (Å²) in [4.78, 5) is 58.8. The Morgan fingerprint density at radius 3 is 2.32 bits per heavy atom. The number of ether oxygens (including phenoxy) is 1. The van der Waals surface area contributed by atoms with Crippen molar-refractivity contribution >= 4 is 40.9 Å². The van der Waals surface area contributed by atoms with Crippen molar-refractivity contribution < 1.29 is 28.8 Å². The van der Waals surface area contributed by atoms with E-state index in [0.717, 1.165) is 5.01 Å². The highest BCUT2D eigenvalue weighted by molar-refractivity contribution is 6.30. The highest BCUT2D eigenvalue weighted by atomic mass is 35.5. The van der Waals surface area contributed by atoms with Crippen LogP contribution in [0.3, 0.4) is 0 Å². The van der Waals surface area contributed by atoms with Crippen LogP contribution in [-0.2, 0) is 14.3 Å². The molecule has 1 N–H and O–H groups in total. The lowest BCUT2D eigenvalue weighted by molar-refractivity contribution is -0.384. The number of hydrogen-bond acceptors (Lipinski definition) is 7. The number of carbonyl (C=O) groups excluding carboxylic acids is 4. The normalized spacial score (nSPS) is 15.5. The van der Waals surface area contributed by atoms with Gasteiger partial charge in [-0.15, -0.1) is 0 Å². The van der Waals surface area contributed by atoms with E-state index >= 15 is 0 Å². The molecule has 1 atom stereocenters. The number of nitrogens with one attached hydrogen (secondary N) is 1. The van der Waals surface area contributed by atoms with Crippen LogP contribution in [0.4, 0.5) is 5.69 Å². The molecule has 2 amide bonds. The minimum Gasteiger partial charge on any atom is -0.457 e. The minimum absolute atomic E-state index is 0.109. The average Bonchev–Trinajstić information content (AvgIpc) is 3.12. The van der Waals surface area contributed by atoms with E-state index in [2.05, 4.69) is 5.43 Å². The summed E-state index contributed by atoms with van der Waals surface area (Å²) in [6.45, 7) is -0.605. The molecule has 11 heteroatoms. The third-order valence-electron chi connectivity index (χ3n) is 4.55. The molecule has 1 fully saturated rings. The lowest BCUT2D eigenvalue weighted by Crippen LogP contribution is -2.43. The number of nitrogens with zero attached hydrogens (tertiary/aromatic N) is 2. The maximum atomic E-state index is 12.3. The first-order chi connectivity index (χ1) is 14.7. The molecule has 0 saturated carbocycles. The van der Waals surface area contributed by atoms with Crippen molar-refractivity contribution in [2.24, 2.45) is 5.92 Å². The second kappa shape index (κ2) is 9.35. The second-order valence-electron chi connectivity index (χ2n) is 6.69. The summed E-state index contributed by atoms with van der Waals surface area (Å²) in [6.07, 6.45) is -0.186. The van der Waals surface area contributed by atoms with Gasteiger partial charge < -0.3 is 4.74 Å². The number of halogens is 1. The smallest absolute Gasteiger partial charge is 0.311 e. The van der Waals surface area contributed by atoms with Gasteiger partial charge in [-0.2, -0.15) is 0 Å². The largest absolute Gasteiger partial charge is 0.457 e. The van der Waals surface area contributed by atoms with Crippen LogP contribution in [0.15, 0.2) is 48.5 Å². The van der Waals surface area contributed by atoms with E-state index in [1.54, 1.807) is 0 Å². The molecule has 1 saturated heterocycles. The Balaban J connectivity index is 1.52. The van der Waals surface area contributed by atoms with Gasteiger partial charge in [0.25, 0.3) is 11.6 Å². The summed E-state index contributed by atoms with van der Waals surface area (Å²) in [5.74, 6) is -3.15. The van der Waals surface area contributed by atoms with Gasteiger partial charge >= 0.3 is 5.97 Å². The van der Waals surface area contributed by atoms with Crippen molar-refractivity contribution in [1.29, 1.82) is 0 Å². The van der Waals surface area contributed by atoms with E-state index in [0.29, 0.717) is 10.6 Å². The van der Waals surface area contributed by atoms with Crippen LogP contribution in [0.25, 0.3) is 0 Å².